The Hall–Kier alpha value is -0.360. The molecule has 2 rings (SSSR count). The highest BCUT2D eigenvalue weighted by molar-refractivity contribution is 9.10. The lowest BCUT2D eigenvalue weighted by atomic mass is 10.2. The van der Waals surface area contributed by atoms with E-state index in [1.54, 1.807) is 23.1 Å². The number of aromatic nitrogens is 1. The molecule has 0 aliphatic heterocycles. The highest BCUT2D eigenvalue weighted by Crippen LogP contribution is 2.23. The summed E-state index contributed by atoms with van der Waals surface area (Å²) in [5.41, 5.74) is 7.24. The SMILES string of the molecule is Cc1nc(CC(N)CSc2cccc(Br)c2)cs1. The maximum Gasteiger partial charge on any atom is 0.0897 e. The maximum absolute atomic E-state index is 6.13. The molecule has 0 fully saturated rings. The van der Waals surface area contributed by atoms with Crippen molar-refractivity contribution in [3.63, 3.8) is 0 Å². The van der Waals surface area contributed by atoms with E-state index in [0.717, 1.165) is 27.3 Å². The van der Waals surface area contributed by atoms with E-state index in [1.165, 1.54) is 4.90 Å². The van der Waals surface area contributed by atoms with Crippen molar-refractivity contribution in [3.8, 4) is 0 Å². The Kier molecular flexibility index (Phi) is 5.24. The van der Waals surface area contributed by atoms with Crippen LogP contribution >= 0.6 is 39.0 Å². The van der Waals surface area contributed by atoms with Crippen LogP contribution in [0.25, 0.3) is 0 Å². The third-order valence-electron chi connectivity index (χ3n) is 2.40. The van der Waals surface area contributed by atoms with Crippen molar-refractivity contribution in [2.75, 3.05) is 5.75 Å². The van der Waals surface area contributed by atoms with E-state index in [9.17, 15) is 0 Å². The Morgan fingerprint density at radius 1 is 1.50 bits per heavy atom. The van der Waals surface area contributed by atoms with Crippen molar-refractivity contribution in [2.24, 2.45) is 5.73 Å². The summed E-state index contributed by atoms with van der Waals surface area (Å²) in [6, 6.07) is 8.44. The Labute approximate surface area is 124 Å². The van der Waals surface area contributed by atoms with Gasteiger partial charge < -0.3 is 5.73 Å². The molecule has 0 aliphatic rings. The van der Waals surface area contributed by atoms with Crippen LogP contribution in [-0.4, -0.2) is 16.8 Å². The molecule has 1 heterocycles. The monoisotopic (exact) mass is 342 g/mol. The van der Waals surface area contributed by atoms with Gasteiger partial charge in [-0.3, -0.25) is 0 Å². The molecule has 0 saturated carbocycles. The number of hydrogen-bond acceptors (Lipinski definition) is 4. The minimum Gasteiger partial charge on any atom is -0.327 e. The third-order valence-corrected chi connectivity index (χ3v) is 4.90. The van der Waals surface area contributed by atoms with Crippen LogP contribution in [0.1, 0.15) is 10.7 Å². The predicted molar refractivity (Wildman–Crippen MR) is 83.4 cm³/mol. The fraction of sp³-hybridized carbons (Fsp3) is 0.308. The molecule has 1 aromatic carbocycles. The largest absolute Gasteiger partial charge is 0.327 e. The molecule has 5 heteroatoms. The predicted octanol–water partition coefficient (Wildman–Crippen LogP) is 3.88. The fourth-order valence-corrected chi connectivity index (χ4v) is 3.68. The second kappa shape index (κ2) is 6.70. The van der Waals surface area contributed by atoms with E-state index >= 15 is 0 Å². The topological polar surface area (TPSA) is 38.9 Å². The number of aryl methyl sites for hydroxylation is 1. The van der Waals surface area contributed by atoms with Gasteiger partial charge in [-0.2, -0.15) is 0 Å². The second-order valence-corrected chi connectivity index (χ2v) is 7.16. The van der Waals surface area contributed by atoms with Crippen LogP contribution in [0.15, 0.2) is 39.0 Å². The van der Waals surface area contributed by atoms with Gasteiger partial charge in [0.05, 0.1) is 10.7 Å². The highest BCUT2D eigenvalue weighted by atomic mass is 79.9. The molecule has 0 amide bonds. The molecule has 0 aliphatic carbocycles. The second-order valence-electron chi connectivity index (χ2n) is 4.09. The van der Waals surface area contributed by atoms with E-state index in [-0.39, 0.29) is 6.04 Å². The molecular weight excluding hydrogens is 328 g/mol. The van der Waals surface area contributed by atoms with Crippen molar-refractivity contribution in [1.29, 1.82) is 0 Å². The van der Waals surface area contributed by atoms with Crippen molar-refractivity contribution in [1.82, 2.24) is 4.98 Å². The number of nitrogens with zero attached hydrogens (tertiary/aromatic N) is 1. The highest BCUT2D eigenvalue weighted by Gasteiger charge is 2.07. The van der Waals surface area contributed by atoms with Crippen LogP contribution in [-0.2, 0) is 6.42 Å². The average molecular weight is 343 g/mol. The van der Waals surface area contributed by atoms with Gasteiger partial charge in [0.2, 0.25) is 0 Å². The van der Waals surface area contributed by atoms with Crippen LogP contribution in [0, 0.1) is 6.92 Å². The molecule has 1 unspecified atom stereocenters. The van der Waals surface area contributed by atoms with Crippen LogP contribution in [0.3, 0.4) is 0 Å². The zero-order chi connectivity index (χ0) is 13.0. The van der Waals surface area contributed by atoms with E-state index in [1.807, 2.05) is 19.1 Å². The molecule has 2 nitrogen and oxygen atoms in total. The summed E-state index contributed by atoms with van der Waals surface area (Å²) in [6.45, 7) is 2.02. The van der Waals surface area contributed by atoms with Crippen LogP contribution in [0.2, 0.25) is 0 Å². The lowest BCUT2D eigenvalue weighted by Gasteiger charge is -2.09. The average Bonchev–Trinajstić information content (AvgIpc) is 2.72. The zero-order valence-corrected chi connectivity index (χ0v) is 13.3. The molecule has 0 radical (unpaired) electrons. The first-order chi connectivity index (χ1) is 8.63. The van der Waals surface area contributed by atoms with Gasteiger partial charge in [-0.25, -0.2) is 4.98 Å². The molecule has 96 valence electrons. The molecule has 0 spiro atoms. The van der Waals surface area contributed by atoms with Gasteiger partial charge in [-0.15, -0.1) is 23.1 Å². The van der Waals surface area contributed by atoms with E-state index in [0.29, 0.717) is 0 Å². The summed E-state index contributed by atoms with van der Waals surface area (Å²) in [7, 11) is 0. The lowest BCUT2D eigenvalue weighted by molar-refractivity contribution is 0.734. The summed E-state index contributed by atoms with van der Waals surface area (Å²) in [5.74, 6) is 0.910. The molecule has 0 bridgehead atoms. The lowest BCUT2D eigenvalue weighted by Crippen LogP contribution is -2.25. The normalized spacial score (nSPS) is 12.6. The van der Waals surface area contributed by atoms with Gasteiger partial charge in [0.25, 0.3) is 0 Å². The first-order valence-electron chi connectivity index (χ1n) is 5.68. The van der Waals surface area contributed by atoms with E-state index < -0.39 is 0 Å². The van der Waals surface area contributed by atoms with E-state index in [4.69, 9.17) is 5.73 Å². The summed E-state index contributed by atoms with van der Waals surface area (Å²) in [5, 5.41) is 3.20. The van der Waals surface area contributed by atoms with Gasteiger partial charge >= 0.3 is 0 Å². The Balaban J connectivity index is 1.83. The molecular formula is C13H15BrN2S2. The number of thioether (sulfide) groups is 1. The summed E-state index contributed by atoms with van der Waals surface area (Å²) in [6.07, 6.45) is 0.853. The Bertz CT molecular complexity index is 513. The number of halogens is 1. The quantitative estimate of drug-likeness (QED) is 0.838. The van der Waals surface area contributed by atoms with Gasteiger partial charge in [-0.05, 0) is 25.1 Å². The van der Waals surface area contributed by atoms with Gasteiger partial charge in [0.15, 0.2) is 0 Å². The van der Waals surface area contributed by atoms with Crippen molar-refractivity contribution in [3.05, 3.63) is 44.8 Å². The molecule has 0 saturated heterocycles. The Morgan fingerprint density at radius 3 is 3.00 bits per heavy atom. The van der Waals surface area contributed by atoms with Crippen LogP contribution in [0.4, 0.5) is 0 Å². The fourth-order valence-electron chi connectivity index (χ4n) is 1.59. The molecule has 2 aromatic rings. The number of hydrogen-bond donors (Lipinski definition) is 1. The number of rotatable bonds is 5. The number of nitrogens with two attached hydrogens (primary N) is 1. The third kappa shape index (κ3) is 4.39. The van der Waals surface area contributed by atoms with Crippen molar-refractivity contribution in [2.45, 2.75) is 24.3 Å². The molecule has 2 N–H and O–H groups in total. The summed E-state index contributed by atoms with van der Waals surface area (Å²) >= 11 is 6.95. The summed E-state index contributed by atoms with van der Waals surface area (Å²) < 4.78 is 1.11. The van der Waals surface area contributed by atoms with Crippen LogP contribution in [0.5, 0.6) is 0 Å². The molecule has 1 aromatic heterocycles. The van der Waals surface area contributed by atoms with Gasteiger partial charge in [0.1, 0.15) is 0 Å². The van der Waals surface area contributed by atoms with Crippen LogP contribution < -0.4 is 5.73 Å². The van der Waals surface area contributed by atoms with Crippen molar-refractivity contribution >= 4 is 39.0 Å². The smallest absolute Gasteiger partial charge is 0.0897 e. The Morgan fingerprint density at radius 2 is 2.33 bits per heavy atom. The maximum atomic E-state index is 6.13. The number of thiazole rings is 1. The minimum absolute atomic E-state index is 0.149. The van der Waals surface area contributed by atoms with Crippen molar-refractivity contribution < 1.29 is 0 Å². The zero-order valence-electron chi connectivity index (χ0n) is 10.1. The first-order valence-corrected chi connectivity index (χ1v) is 8.34. The van der Waals surface area contributed by atoms with Gasteiger partial charge in [0, 0.05) is 33.0 Å². The molecule has 18 heavy (non-hydrogen) atoms. The molecule has 1 atom stereocenters. The standard InChI is InChI=1S/C13H15BrN2S2/c1-9-16-12(8-17-9)6-11(15)7-18-13-4-2-3-10(14)5-13/h2-5,8,11H,6-7,15H2,1H3. The minimum atomic E-state index is 0.149. The first kappa shape index (κ1) is 14.1. The summed E-state index contributed by atoms with van der Waals surface area (Å²) in [4.78, 5) is 5.69. The van der Waals surface area contributed by atoms with Gasteiger partial charge in [-0.1, -0.05) is 22.0 Å². The van der Waals surface area contributed by atoms with E-state index in [2.05, 4.69) is 38.4 Å². The number of benzene rings is 1.